The van der Waals surface area contributed by atoms with Crippen LogP contribution in [-0.4, -0.2) is 4.98 Å². The fourth-order valence-electron chi connectivity index (χ4n) is 1.41. The van der Waals surface area contributed by atoms with Gasteiger partial charge in [-0.15, -0.1) is 0 Å². The molecule has 0 N–H and O–H groups in total. The van der Waals surface area contributed by atoms with Crippen molar-refractivity contribution >= 4 is 11.1 Å². The molecule has 0 spiro atoms. The van der Waals surface area contributed by atoms with Crippen LogP contribution in [-0.2, 0) is 0 Å². The molecule has 1 heterocycles. The van der Waals surface area contributed by atoms with Crippen LogP contribution in [0.25, 0.3) is 11.1 Å². The average molecular weight is 143 g/mol. The lowest BCUT2D eigenvalue weighted by Gasteiger charge is -1.94. The highest BCUT2D eigenvalue weighted by atomic mass is 14.7. The minimum atomic E-state index is 0.881. The molecule has 1 heteroatoms. The number of nitrogens with zero attached hydrogens (tertiary/aromatic N) is 1. The second-order valence-corrected chi connectivity index (χ2v) is 2.78. The van der Waals surface area contributed by atoms with Gasteiger partial charge < -0.3 is 0 Å². The maximum absolute atomic E-state index is 4.23. The third kappa shape index (κ3) is 0.811. The summed E-state index contributed by atoms with van der Waals surface area (Å²) in [5.41, 5.74) is 4.42. The van der Waals surface area contributed by atoms with Crippen molar-refractivity contribution in [1.82, 2.24) is 4.98 Å². The molecule has 1 aliphatic rings. The highest BCUT2D eigenvalue weighted by molar-refractivity contribution is 5.88. The minimum Gasteiger partial charge on any atom is -0.256 e. The van der Waals surface area contributed by atoms with E-state index in [-0.39, 0.29) is 0 Å². The van der Waals surface area contributed by atoms with Gasteiger partial charge in [0.05, 0.1) is 5.69 Å². The average Bonchev–Trinajstić information content (AvgIpc) is 2.30. The molecule has 0 saturated heterocycles. The number of allylic oxidation sites excluding steroid dienone is 2. The van der Waals surface area contributed by atoms with Gasteiger partial charge >= 0.3 is 0 Å². The predicted octanol–water partition coefficient (Wildman–Crippen LogP) is 2.51. The van der Waals surface area contributed by atoms with Crippen molar-refractivity contribution in [3.63, 3.8) is 0 Å². The van der Waals surface area contributed by atoms with Crippen molar-refractivity contribution in [3.05, 3.63) is 42.7 Å². The topological polar surface area (TPSA) is 12.9 Å². The van der Waals surface area contributed by atoms with Crippen molar-refractivity contribution in [2.45, 2.75) is 6.42 Å². The maximum Gasteiger partial charge on any atom is 0.0734 e. The highest BCUT2D eigenvalue weighted by Crippen LogP contribution is 2.36. The van der Waals surface area contributed by atoms with E-state index in [4.69, 9.17) is 0 Å². The molecule has 0 saturated carbocycles. The Kier molecular flexibility index (Phi) is 1.19. The molecule has 1 aliphatic carbocycles. The van der Waals surface area contributed by atoms with E-state index in [1.165, 1.54) is 0 Å². The van der Waals surface area contributed by atoms with Gasteiger partial charge in [0.1, 0.15) is 0 Å². The monoisotopic (exact) mass is 143 g/mol. The van der Waals surface area contributed by atoms with Gasteiger partial charge in [-0.1, -0.05) is 19.2 Å². The molecule has 54 valence electrons. The van der Waals surface area contributed by atoms with Gasteiger partial charge in [0.2, 0.25) is 0 Å². The van der Waals surface area contributed by atoms with Crippen molar-refractivity contribution in [3.8, 4) is 0 Å². The fraction of sp³-hybridized carbons (Fsp3) is 0.100. The lowest BCUT2D eigenvalue weighted by atomic mass is 10.2. The maximum atomic E-state index is 4.23. The molecule has 0 unspecified atom stereocenters. The first-order valence-corrected chi connectivity index (χ1v) is 3.60. The molecule has 0 aliphatic heterocycles. The lowest BCUT2D eigenvalue weighted by molar-refractivity contribution is 1.28. The van der Waals surface area contributed by atoms with Gasteiger partial charge in [-0.25, -0.2) is 0 Å². The summed E-state index contributed by atoms with van der Waals surface area (Å²) in [5, 5.41) is 0. The van der Waals surface area contributed by atoms with Crippen molar-refractivity contribution in [1.29, 1.82) is 0 Å². The van der Waals surface area contributed by atoms with Crippen molar-refractivity contribution < 1.29 is 0 Å². The van der Waals surface area contributed by atoms with Crippen LogP contribution in [0.4, 0.5) is 0 Å². The molecular weight excluding hydrogens is 134 g/mol. The number of hydrogen-bond acceptors (Lipinski definition) is 1. The molecule has 11 heavy (non-hydrogen) atoms. The van der Waals surface area contributed by atoms with E-state index in [9.17, 15) is 0 Å². The number of pyridine rings is 1. The standard InChI is InChI=1S/C10H9N/c1-7-6-8(2)10-9(7)4-3-5-11-10/h3-5H,1-2,6H2. The van der Waals surface area contributed by atoms with Crippen molar-refractivity contribution in [2.24, 2.45) is 0 Å². The Morgan fingerprint density at radius 1 is 1.27 bits per heavy atom. The van der Waals surface area contributed by atoms with E-state index in [1.807, 2.05) is 12.1 Å². The summed E-state index contributed by atoms with van der Waals surface area (Å²) in [6.45, 7) is 7.87. The van der Waals surface area contributed by atoms with Crippen LogP contribution >= 0.6 is 0 Å². The third-order valence-electron chi connectivity index (χ3n) is 1.95. The number of hydrogen-bond donors (Lipinski definition) is 0. The Bertz CT molecular complexity index is 303. The van der Waals surface area contributed by atoms with Crippen LogP contribution in [0.1, 0.15) is 17.7 Å². The van der Waals surface area contributed by atoms with E-state index < -0.39 is 0 Å². The largest absolute Gasteiger partial charge is 0.256 e. The summed E-state index contributed by atoms with van der Waals surface area (Å²) in [6, 6.07) is 3.98. The number of aromatic nitrogens is 1. The summed E-state index contributed by atoms with van der Waals surface area (Å²) < 4.78 is 0. The molecule has 1 aromatic rings. The molecule has 0 amide bonds. The van der Waals surface area contributed by atoms with E-state index in [0.717, 1.165) is 28.8 Å². The van der Waals surface area contributed by atoms with E-state index >= 15 is 0 Å². The first kappa shape index (κ1) is 6.35. The van der Waals surface area contributed by atoms with Crippen LogP contribution in [0.2, 0.25) is 0 Å². The molecule has 0 atom stereocenters. The molecule has 1 aromatic heterocycles. The molecular formula is C10H9N. The lowest BCUT2D eigenvalue weighted by Crippen LogP contribution is -1.82. The molecule has 0 radical (unpaired) electrons. The molecule has 2 rings (SSSR count). The van der Waals surface area contributed by atoms with Crippen LogP contribution in [0, 0.1) is 0 Å². The molecule has 0 fully saturated rings. The van der Waals surface area contributed by atoms with Gasteiger partial charge in [-0.3, -0.25) is 4.98 Å². The number of rotatable bonds is 0. The van der Waals surface area contributed by atoms with Crippen LogP contribution < -0.4 is 0 Å². The minimum absolute atomic E-state index is 0.881. The Balaban J connectivity index is 2.69. The number of fused-ring (bicyclic) bond motifs is 1. The zero-order valence-corrected chi connectivity index (χ0v) is 6.30. The zero-order valence-electron chi connectivity index (χ0n) is 6.30. The van der Waals surface area contributed by atoms with Crippen molar-refractivity contribution in [2.75, 3.05) is 0 Å². The van der Waals surface area contributed by atoms with Crippen LogP contribution in [0.3, 0.4) is 0 Å². The quantitative estimate of drug-likeness (QED) is 0.543. The molecule has 1 nitrogen and oxygen atoms in total. The Labute approximate surface area is 66.1 Å². The predicted molar refractivity (Wildman–Crippen MR) is 46.9 cm³/mol. The summed E-state index contributed by atoms with van der Waals surface area (Å²) in [7, 11) is 0. The zero-order chi connectivity index (χ0) is 7.84. The highest BCUT2D eigenvalue weighted by Gasteiger charge is 2.17. The third-order valence-corrected chi connectivity index (χ3v) is 1.95. The van der Waals surface area contributed by atoms with Gasteiger partial charge in [-0.2, -0.15) is 0 Å². The summed E-state index contributed by atoms with van der Waals surface area (Å²) >= 11 is 0. The Morgan fingerprint density at radius 3 is 2.82 bits per heavy atom. The summed E-state index contributed by atoms with van der Waals surface area (Å²) in [4.78, 5) is 4.23. The molecule has 0 aromatic carbocycles. The summed E-state index contributed by atoms with van der Waals surface area (Å²) in [5.74, 6) is 0. The van der Waals surface area contributed by atoms with Crippen LogP contribution in [0.15, 0.2) is 31.5 Å². The van der Waals surface area contributed by atoms with Gasteiger partial charge in [0.15, 0.2) is 0 Å². The summed E-state index contributed by atoms with van der Waals surface area (Å²) in [6.07, 6.45) is 2.68. The fourth-order valence-corrected chi connectivity index (χ4v) is 1.41. The SMILES string of the molecule is C=C1CC(=C)c2ncccc21. The van der Waals surface area contributed by atoms with E-state index in [0.29, 0.717) is 0 Å². The van der Waals surface area contributed by atoms with E-state index in [2.05, 4.69) is 18.1 Å². The van der Waals surface area contributed by atoms with E-state index in [1.54, 1.807) is 6.20 Å². The Morgan fingerprint density at radius 2 is 2.09 bits per heavy atom. The first-order chi connectivity index (χ1) is 5.29. The van der Waals surface area contributed by atoms with Crippen LogP contribution in [0.5, 0.6) is 0 Å². The first-order valence-electron chi connectivity index (χ1n) is 3.60. The smallest absolute Gasteiger partial charge is 0.0734 e. The van der Waals surface area contributed by atoms with Gasteiger partial charge in [0.25, 0.3) is 0 Å². The second kappa shape index (κ2) is 2.06. The normalized spacial score (nSPS) is 15.3. The molecule has 0 bridgehead atoms. The Hall–Kier alpha value is -1.37. The van der Waals surface area contributed by atoms with Gasteiger partial charge in [0, 0.05) is 11.8 Å². The van der Waals surface area contributed by atoms with Gasteiger partial charge in [-0.05, 0) is 23.6 Å². The second-order valence-electron chi connectivity index (χ2n) is 2.78.